The van der Waals surface area contributed by atoms with E-state index in [9.17, 15) is 0 Å². The van der Waals surface area contributed by atoms with Crippen LogP contribution in [-0.4, -0.2) is 60.4 Å². The second-order valence-electron chi connectivity index (χ2n) is 7.07. The average Bonchev–Trinajstić information content (AvgIpc) is 3.20. The Bertz CT molecular complexity index is 891. The summed E-state index contributed by atoms with van der Waals surface area (Å²) in [6.45, 7) is 4.02. The Hall–Kier alpha value is -2.48. The van der Waals surface area contributed by atoms with Gasteiger partial charge < -0.3 is 9.47 Å². The Morgan fingerprint density at radius 2 is 2.16 bits per heavy atom. The van der Waals surface area contributed by atoms with E-state index in [1.807, 2.05) is 12.1 Å². The molecule has 8 heteroatoms. The Morgan fingerprint density at radius 1 is 1.24 bits per heavy atom. The second kappa shape index (κ2) is 5.80. The maximum atomic E-state index is 4.66. The van der Waals surface area contributed by atoms with E-state index in [4.69, 9.17) is 0 Å². The molecule has 5 heterocycles. The van der Waals surface area contributed by atoms with Gasteiger partial charge in [-0.15, -0.1) is 15.3 Å². The predicted molar refractivity (Wildman–Crippen MR) is 93.4 cm³/mol. The normalized spacial score (nSPS) is 17.9. The van der Waals surface area contributed by atoms with Gasteiger partial charge in [0.1, 0.15) is 18.0 Å². The van der Waals surface area contributed by atoms with Crippen LogP contribution < -0.4 is 4.90 Å². The summed E-state index contributed by atoms with van der Waals surface area (Å²) in [5.41, 5.74) is 2.18. The van der Waals surface area contributed by atoms with Crippen LogP contribution in [0.4, 0.5) is 5.82 Å². The minimum absolute atomic E-state index is 0.537. The molecule has 0 aliphatic carbocycles. The van der Waals surface area contributed by atoms with E-state index in [0.717, 1.165) is 37.6 Å². The molecule has 5 rings (SSSR count). The molecule has 1 fully saturated rings. The summed E-state index contributed by atoms with van der Waals surface area (Å²) in [5, 5.41) is 12.4. The molecule has 0 aromatic carbocycles. The molecule has 0 amide bonds. The van der Waals surface area contributed by atoms with Gasteiger partial charge >= 0.3 is 0 Å². The molecule has 0 N–H and O–H groups in total. The molecule has 0 saturated carbocycles. The molecule has 1 saturated heterocycles. The molecule has 3 aromatic rings. The number of likely N-dealkylation sites (N-methyl/N-ethyl adjacent to an activating group) is 1. The fraction of sp³-hybridized carbons (Fsp3) is 0.529. The first-order chi connectivity index (χ1) is 12.3. The van der Waals surface area contributed by atoms with Gasteiger partial charge in [-0.3, -0.25) is 4.90 Å². The van der Waals surface area contributed by atoms with Crippen molar-refractivity contribution >= 4 is 11.5 Å². The fourth-order valence-electron chi connectivity index (χ4n) is 3.79. The molecule has 0 radical (unpaired) electrons. The zero-order valence-corrected chi connectivity index (χ0v) is 14.4. The van der Waals surface area contributed by atoms with Crippen molar-refractivity contribution in [3.05, 3.63) is 36.2 Å². The molecular formula is C17H22N8. The standard InChI is InChI=1S/C17H22N8/c1-22(11-17-18-8-13-4-2-3-7-24(13)17)14-9-23(10-14)16-6-5-15-20-19-12-25(15)21-16/h5-6,8,12,14H,2-4,7,9-11H2,1H3. The summed E-state index contributed by atoms with van der Waals surface area (Å²) in [5.74, 6) is 2.19. The van der Waals surface area contributed by atoms with Crippen LogP contribution in [0.1, 0.15) is 24.4 Å². The molecule has 2 aliphatic rings. The zero-order valence-electron chi connectivity index (χ0n) is 14.4. The van der Waals surface area contributed by atoms with Crippen molar-refractivity contribution in [2.75, 3.05) is 25.0 Å². The summed E-state index contributed by atoms with van der Waals surface area (Å²) in [6.07, 6.45) is 7.44. The van der Waals surface area contributed by atoms with Gasteiger partial charge in [0.2, 0.25) is 0 Å². The van der Waals surface area contributed by atoms with E-state index in [-0.39, 0.29) is 0 Å². The van der Waals surface area contributed by atoms with Crippen molar-refractivity contribution in [1.29, 1.82) is 0 Å². The number of hydrogen-bond acceptors (Lipinski definition) is 6. The maximum absolute atomic E-state index is 4.66. The number of rotatable bonds is 4. The highest BCUT2D eigenvalue weighted by Crippen LogP contribution is 2.23. The second-order valence-corrected chi connectivity index (χ2v) is 7.07. The molecule has 130 valence electrons. The van der Waals surface area contributed by atoms with Gasteiger partial charge in [-0.2, -0.15) is 4.52 Å². The van der Waals surface area contributed by atoms with Crippen molar-refractivity contribution in [1.82, 2.24) is 34.3 Å². The highest BCUT2D eigenvalue weighted by Gasteiger charge is 2.32. The van der Waals surface area contributed by atoms with Crippen molar-refractivity contribution in [3.63, 3.8) is 0 Å². The molecule has 0 bridgehead atoms. The Labute approximate surface area is 146 Å². The number of hydrogen-bond donors (Lipinski definition) is 0. The van der Waals surface area contributed by atoms with E-state index < -0.39 is 0 Å². The molecule has 25 heavy (non-hydrogen) atoms. The fourth-order valence-corrected chi connectivity index (χ4v) is 3.79. The number of imidazole rings is 1. The monoisotopic (exact) mass is 338 g/mol. The number of nitrogens with zero attached hydrogens (tertiary/aromatic N) is 8. The molecule has 0 spiro atoms. The average molecular weight is 338 g/mol. The van der Waals surface area contributed by atoms with Crippen LogP contribution in [0.5, 0.6) is 0 Å². The zero-order chi connectivity index (χ0) is 16.8. The van der Waals surface area contributed by atoms with Gasteiger partial charge in [0.05, 0.1) is 6.54 Å². The van der Waals surface area contributed by atoms with Crippen molar-refractivity contribution in [2.45, 2.75) is 38.4 Å². The summed E-state index contributed by atoms with van der Waals surface area (Å²) >= 11 is 0. The summed E-state index contributed by atoms with van der Waals surface area (Å²) in [6, 6.07) is 4.52. The Kier molecular flexibility index (Phi) is 3.44. The van der Waals surface area contributed by atoms with Gasteiger partial charge in [-0.05, 0) is 38.4 Å². The number of anilines is 1. The third-order valence-electron chi connectivity index (χ3n) is 5.43. The van der Waals surface area contributed by atoms with Crippen LogP contribution in [0.2, 0.25) is 0 Å². The minimum atomic E-state index is 0.537. The van der Waals surface area contributed by atoms with Gasteiger partial charge in [-0.25, -0.2) is 4.98 Å². The molecular weight excluding hydrogens is 316 g/mol. The highest BCUT2D eigenvalue weighted by atomic mass is 15.4. The highest BCUT2D eigenvalue weighted by molar-refractivity contribution is 5.47. The minimum Gasteiger partial charge on any atom is -0.352 e. The van der Waals surface area contributed by atoms with Crippen LogP contribution in [0, 0.1) is 0 Å². The lowest BCUT2D eigenvalue weighted by atomic mass is 10.1. The Balaban J connectivity index is 1.23. The first-order valence-electron chi connectivity index (χ1n) is 8.93. The van der Waals surface area contributed by atoms with Crippen LogP contribution >= 0.6 is 0 Å². The van der Waals surface area contributed by atoms with Crippen molar-refractivity contribution in [3.8, 4) is 0 Å². The molecule has 0 unspecified atom stereocenters. The molecule has 0 atom stereocenters. The SMILES string of the molecule is CN(Cc1ncc2n1CCCC2)C1CN(c2ccc3nncn3n2)C1. The van der Waals surface area contributed by atoms with E-state index in [1.165, 1.54) is 30.8 Å². The number of fused-ring (bicyclic) bond motifs is 2. The van der Waals surface area contributed by atoms with E-state index in [2.05, 4.69) is 47.9 Å². The van der Waals surface area contributed by atoms with Gasteiger partial charge in [0.25, 0.3) is 0 Å². The topological polar surface area (TPSA) is 67.4 Å². The summed E-state index contributed by atoms with van der Waals surface area (Å²) in [7, 11) is 2.20. The van der Waals surface area contributed by atoms with E-state index in [0.29, 0.717) is 6.04 Å². The third kappa shape index (κ3) is 2.57. The summed E-state index contributed by atoms with van der Waals surface area (Å²) < 4.78 is 4.14. The van der Waals surface area contributed by atoms with E-state index in [1.54, 1.807) is 10.8 Å². The number of aromatic nitrogens is 6. The maximum Gasteiger partial charge on any atom is 0.177 e. The van der Waals surface area contributed by atoms with Gasteiger partial charge in [-0.1, -0.05) is 0 Å². The molecule has 3 aromatic heterocycles. The number of aryl methyl sites for hydroxylation is 1. The van der Waals surface area contributed by atoms with Gasteiger partial charge in [0.15, 0.2) is 5.65 Å². The first-order valence-corrected chi connectivity index (χ1v) is 8.93. The van der Waals surface area contributed by atoms with Crippen LogP contribution in [0.3, 0.4) is 0 Å². The lowest BCUT2D eigenvalue weighted by Gasteiger charge is -2.44. The third-order valence-corrected chi connectivity index (χ3v) is 5.43. The van der Waals surface area contributed by atoms with Crippen LogP contribution in [-0.2, 0) is 19.5 Å². The molecule has 8 nitrogen and oxygen atoms in total. The quantitative estimate of drug-likeness (QED) is 0.706. The lowest BCUT2D eigenvalue weighted by Crippen LogP contribution is -2.58. The predicted octanol–water partition coefficient (Wildman–Crippen LogP) is 0.978. The molecule has 2 aliphatic heterocycles. The largest absolute Gasteiger partial charge is 0.352 e. The van der Waals surface area contributed by atoms with E-state index >= 15 is 0 Å². The smallest absolute Gasteiger partial charge is 0.177 e. The van der Waals surface area contributed by atoms with Crippen LogP contribution in [0.25, 0.3) is 5.65 Å². The van der Waals surface area contributed by atoms with Crippen LogP contribution in [0.15, 0.2) is 24.7 Å². The first kappa shape index (κ1) is 14.8. The van der Waals surface area contributed by atoms with Crippen molar-refractivity contribution < 1.29 is 0 Å². The van der Waals surface area contributed by atoms with Gasteiger partial charge in [0, 0.05) is 37.6 Å². The summed E-state index contributed by atoms with van der Waals surface area (Å²) in [4.78, 5) is 9.37. The lowest BCUT2D eigenvalue weighted by molar-refractivity contribution is 0.189. The Morgan fingerprint density at radius 3 is 3.08 bits per heavy atom. The van der Waals surface area contributed by atoms with Crippen molar-refractivity contribution in [2.24, 2.45) is 0 Å².